The van der Waals surface area contributed by atoms with Crippen LogP contribution in [-0.2, 0) is 11.3 Å². The van der Waals surface area contributed by atoms with Crippen LogP contribution in [0.15, 0.2) is 27.8 Å². The number of hydrogen-bond acceptors (Lipinski definition) is 4. The van der Waals surface area contributed by atoms with Crippen LogP contribution >= 0.6 is 24.0 Å². The molecule has 0 spiro atoms. The molecule has 1 fully saturated rings. The maximum absolute atomic E-state index is 5.58. The Bertz CT molecular complexity index is 460. The molecule has 1 saturated heterocycles. The SMILES string of the molecule is CCNC(=NCCCOCc1ccco1)NCCN1CCCCCC1.I. The summed E-state index contributed by atoms with van der Waals surface area (Å²) in [6.45, 7) is 9.48. The predicted octanol–water partition coefficient (Wildman–Crippen LogP) is 3.24. The fourth-order valence-corrected chi connectivity index (χ4v) is 2.96. The Kier molecular flexibility index (Phi) is 13.7. The van der Waals surface area contributed by atoms with Crippen LogP contribution in [0.3, 0.4) is 0 Å². The number of nitrogens with one attached hydrogen (secondary N) is 2. The molecule has 0 aliphatic carbocycles. The Morgan fingerprint density at radius 3 is 2.73 bits per heavy atom. The van der Waals surface area contributed by atoms with Crippen molar-refractivity contribution in [1.29, 1.82) is 0 Å². The highest BCUT2D eigenvalue weighted by Gasteiger charge is 2.08. The van der Waals surface area contributed by atoms with Crippen molar-refractivity contribution in [1.82, 2.24) is 15.5 Å². The number of furan rings is 1. The van der Waals surface area contributed by atoms with E-state index in [1.807, 2.05) is 12.1 Å². The first-order valence-electron chi connectivity index (χ1n) is 9.73. The molecule has 6 nitrogen and oxygen atoms in total. The van der Waals surface area contributed by atoms with Gasteiger partial charge in [-0.3, -0.25) is 4.99 Å². The summed E-state index contributed by atoms with van der Waals surface area (Å²) in [6.07, 6.45) is 8.02. The monoisotopic (exact) mass is 478 g/mol. The van der Waals surface area contributed by atoms with Gasteiger partial charge in [0.15, 0.2) is 5.96 Å². The van der Waals surface area contributed by atoms with E-state index in [1.54, 1.807) is 6.26 Å². The van der Waals surface area contributed by atoms with E-state index in [-0.39, 0.29) is 24.0 Å². The largest absolute Gasteiger partial charge is 0.467 e. The molecule has 2 heterocycles. The van der Waals surface area contributed by atoms with Crippen molar-refractivity contribution in [2.75, 3.05) is 45.9 Å². The quantitative estimate of drug-likeness (QED) is 0.234. The minimum absolute atomic E-state index is 0. The molecule has 0 bridgehead atoms. The van der Waals surface area contributed by atoms with Gasteiger partial charge < -0.3 is 24.7 Å². The number of aliphatic imine (C=N–C) groups is 1. The lowest BCUT2D eigenvalue weighted by Crippen LogP contribution is -2.42. The summed E-state index contributed by atoms with van der Waals surface area (Å²) in [5.74, 6) is 1.77. The number of rotatable bonds is 10. The first-order valence-corrected chi connectivity index (χ1v) is 9.73. The summed E-state index contributed by atoms with van der Waals surface area (Å²) in [4.78, 5) is 7.18. The highest BCUT2D eigenvalue weighted by atomic mass is 127. The maximum Gasteiger partial charge on any atom is 0.191 e. The van der Waals surface area contributed by atoms with Gasteiger partial charge in [-0.15, -0.1) is 24.0 Å². The van der Waals surface area contributed by atoms with Gasteiger partial charge in [-0.1, -0.05) is 12.8 Å². The van der Waals surface area contributed by atoms with E-state index in [2.05, 4.69) is 27.4 Å². The Hall–Kier alpha value is -0.800. The maximum atomic E-state index is 5.58. The average molecular weight is 478 g/mol. The van der Waals surface area contributed by atoms with Crippen molar-refractivity contribution in [3.63, 3.8) is 0 Å². The third-order valence-corrected chi connectivity index (χ3v) is 4.30. The molecule has 0 aromatic carbocycles. The van der Waals surface area contributed by atoms with E-state index >= 15 is 0 Å². The lowest BCUT2D eigenvalue weighted by molar-refractivity contribution is 0.105. The van der Waals surface area contributed by atoms with E-state index in [0.717, 1.165) is 44.3 Å². The van der Waals surface area contributed by atoms with E-state index in [9.17, 15) is 0 Å². The molecular weight excluding hydrogens is 443 g/mol. The fourth-order valence-electron chi connectivity index (χ4n) is 2.96. The third kappa shape index (κ3) is 10.4. The van der Waals surface area contributed by atoms with Crippen LogP contribution < -0.4 is 10.6 Å². The smallest absolute Gasteiger partial charge is 0.191 e. The van der Waals surface area contributed by atoms with E-state index in [1.165, 1.54) is 38.8 Å². The summed E-state index contributed by atoms with van der Waals surface area (Å²) in [5, 5.41) is 6.75. The Morgan fingerprint density at radius 1 is 1.23 bits per heavy atom. The lowest BCUT2D eigenvalue weighted by Gasteiger charge is -2.20. The molecule has 0 radical (unpaired) electrons. The van der Waals surface area contributed by atoms with Gasteiger partial charge >= 0.3 is 0 Å². The summed E-state index contributed by atoms with van der Waals surface area (Å²) < 4.78 is 10.8. The molecule has 0 saturated carbocycles. The zero-order valence-corrected chi connectivity index (χ0v) is 18.4. The first-order chi connectivity index (χ1) is 12.4. The van der Waals surface area contributed by atoms with E-state index in [0.29, 0.717) is 13.2 Å². The van der Waals surface area contributed by atoms with Crippen LogP contribution in [0.4, 0.5) is 0 Å². The van der Waals surface area contributed by atoms with Gasteiger partial charge in [0.05, 0.1) is 6.26 Å². The molecule has 0 unspecified atom stereocenters. The number of hydrogen-bond donors (Lipinski definition) is 2. The average Bonchev–Trinajstić information content (AvgIpc) is 3.00. The molecule has 7 heteroatoms. The second-order valence-corrected chi connectivity index (χ2v) is 6.43. The molecule has 1 aliphatic rings. The molecule has 0 amide bonds. The van der Waals surface area contributed by atoms with Gasteiger partial charge in [-0.2, -0.15) is 0 Å². The molecule has 2 N–H and O–H groups in total. The molecule has 1 aromatic rings. The highest BCUT2D eigenvalue weighted by Crippen LogP contribution is 2.08. The van der Waals surface area contributed by atoms with E-state index < -0.39 is 0 Å². The van der Waals surface area contributed by atoms with Gasteiger partial charge in [0, 0.05) is 32.8 Å². The van der Waals surface area contributed by atoms with Crippen molar-refractivity contribution in [3.8, 4) is 0 Å². The Morgan fingerprint density at radius 2 is 2.04 bits per heavy atom. The van der Waals surface area contributed by atoms with Gasteiger partial charge in [-0.05, 0) is 51.4 Å². The molecular formula is C19H35IN4O2. The number of ether oxygens (including phenoxy) is 1. The van der Waals surface area contributed by atoms with Gasteiger partial charge in [0.1, 0.15) is 12.4 Å². The number of halogens is 1. The first kappa shape index (κ1) is 23.2. The van der Waals surface area contributed by atoms with Crippen LogP contribution in [0, 0.1) is 0 Å². The normalized spacial score (nSPS) is 16.0. The molecule has 150 valence electrons. The zero-order chi connectivity index (χ0) is 17.6. The summed E-state index contributed by atoms with van der Waals surface area (Å²) >= 11 is 0. The number of nitrogens with zero attached hydrogens (tertiary/aromatic N) is 2. The van der Waals surface area contributed by atoms with Crippen molar-refractivity contribution in [2.45, 2.75) is 45.6 Å². The van der Waals surface area contributed by atoms with E-state index in [4.69, 9.17) is 9.15 Å². The second-order valence-electron chi connectivity index (χ2n) is 6.43. The molecule has 1 aromatic heterocycles. The molecule has 26 heavy (non-hydrogen) atoms. The van der Waals surface area contributed by atoms with Crippen LogP contribution in [-0.4, -0.2) is 56.7 Å². The predicted molar refractivity (Wildman–Crippen MR) is 117 cm³/mol. The topological polar surface area (TPSA) is 62.0 Å². The lowest BCUT2D eigenvalue weighted by atomic mass is 10.2. The number of guanidine groups is 1. The summed E-state index contributed by atoms with van der Waals surface area (Å²) in [7, 11) is 0. The second kappa shape index (κ2) is 15.3. The van der Waals surface area contributed by atoms with Gasteiger partial charge in [-0.25, -0.2) is 0 Å². The van der Waals surface area contributed by atoms with Crippen molar-refractivity contribution < 1.29 is 9.15 Å². The highest BCUT2D eigenvalue weighted by molar-refractivity contribution is 14.0. The standard InChI is InChI=1S/C19H34N4O2.HI/c1-2-20-19(22-11-14-23-12-5-3-4-6-13-23)21-10-8-15-24-17-18-9-7-16-25-18;/h7,9,16H,2-6,8,10-15,17H2,1H3,(H2,20,21,22);1H. The van der Waals surface area contributed by atoms with Crippen LogP contribution in [0.1, 0.15) is 44.8 Å². The van der Waals surface area contributed by atoms with Crippen LogP contribution in [0.2, 0.25) is 0 Å². The zero-order valence-electron chi connectivity index (χ0n) is 16.0. The van der Waals surface area contributed by atoms with Crippen LogP contribution in [0.5, 0.6) is 0 Å². The van der Waals surface area contributed by atoms with Crippen molar-refractivity contribution >= 4 is 29.9 Å². The molecule has 0 atom stereocenters. The van der Waals surface area contributed by atoms with Gasteiger partial charge in [0.2, 0.25) is 0 Å². The fraction of sp³-hybridized carbons (Fsp3) is 0.737. The minimum Gasteiger partial charge on any atom is -0.467 e. The summed E-state index contributed by atoms with van der Waals surface area (Å²) in [6, 6.07) is 3.80. The minimum atomic E-state index is 0. The van der Waals surface area contributed by atoms with Crippen LogP contribution in [0.25, 0.3) is 0 Å². The van der Waals surface area contributed by atoms with Gasteiger partial charge in [0.25, 0.3) is 0 Å². The Labute approximate surface area is 175 Å². The third-order valence-electron chi connectivity index (χ3n) is 4.30. The van der Waals surface area contributed by atoms with Crippen molar-refractivity contribution in [3.05, 3.63) is 24.2 Å². The number of likely N-dealkylation sites (tertiary alicyclic amines) is 1. The summed E-state index contributed by atoms with van der Waals surface area (Å²) in [5.41, 5.74) is 0. The van der Waals surface area contributed by atoms with Crippen molar-refractivity contribution in [2.24, 2.45) is 4.99 Å². The molecule has 1 aliphatic heterocycles. The molecule has 2 rings (SSSR count). The Balaban J connectivity index is 0.00000338.